The highest BCUT2D eigenvalue weighted by Crippen LogP contribution is 2.36. The summed E-state index contributed by atoms with van der Waals surface area (Å²) >= 11 is 15.3. The lowest BCUT2D eigenvalue weighted by atomic mass is 10.0. The van der Waals surface area contributed by atoms with Crippen molar-refractivity contribution in [3.63, 3.8) is 0 Å². The van der Waals surface area contributed by atoms with E-state index in [2.05, 4.69) is 31.8 Å². The van der Waals surface area contributed by atoms with Gasteiger partial charge in [-0.2, -0.15) is 5.10 Å². The predicted molar refractivity (Wildman–Crippen MR) is 141 cm³/mol. The maximum absolute atomic E-state index is 12.7. The summed E-state index contributed by atoms with van der Waals surface area (Å²) in [6.07, 6.45) is 1.40. The van der Waals surface area contributed by atoms with Gasteiger partial charge in [0.2, 0.25) is 0 Å². The number of methoxy groups -OCH3 is 1. The van der Waals surface area contributed by atoms with Crippen molar-refractivity contribution in [2.24, 2.45) is 11.0 Å². The van der Waals surface area contributed by atoms with Gasteiger partial charge in [0.25, 0.3) is 11.8 Å². The van der Waals surface area contributed by atoms with E-state index in [1.54, 1.807) is 32.9 Å². The number of hydrogen-bond acceptors (Lipinski definition) is 7. The van der Waals surface area contributed by atoms with Gasteiger partial charge in [-0.3, -0.25) is 9.59 Å². The van der Waals surface area contributed by atoms with E-state index in [1.165, 1.54) is 31.5 Å². The van der Waals surface area contributed by atoms with Gasteiger partial charge in [-0.25, -0.2) is 10.2 Å². The third-order valence-corrected chi connectivity index (χ3v) is 6.03. The zero-order valence-electron chi connectivity index (χ0n) is 20.1. The van der Waals surface area contributed by atoms with E-state index in [0.29, 0.717) is 26.6 Å². The third-order valence-electron chi connectivity index (χ3n) is 4.70. The number of hydrazone groups is 1. The van der Waals surface area contributed by atoms with E-state index in [4.69, 9.17) is 37.4 Å². The number of benzene rings is 2. The van der Waals surface area contributed by atoms with Crippen molar-refractivity contribution < 1.29 is 28.6 Å². The Morgan fingerprint density at radius 1 is 1.14 bits per heavy atom. The SMILES string of the molecule is CCOC(=O)COc1c(Br)cc(/C=N/NC(=O)C(NC(=O)c2ccc(Cl)c(Cl)c2)C(C)C)cc1OC. The standard InChI is InChI=1S/C24H26BrCl2N3O6/c1-5-35-20(31)12-36-22-16(25)8-14(9-19(22)34-4)11-28-30-24(33)21(13(2)3)29-23(32)15-6-7-17(26)18(27)10-15/h6-11,13,21H,5,12H2,1-4H3,(H,29,32)(H,30,33)/b28-11+. The van der Waals surface area contributed by atoms with Crippen LogP contribution in [0, 0.1) is 5.92 Å². The first-order valence-electron chi connectivity index (χ1n) is 10.8. The largest absolute Gasteiger partial charge is 0.493 e. The van der Waals surface area contributed by atoms with Gasteiger partial charge in [0, 0.05) is 5.56 Å². The molecule has 1 unspecified atom stereocenters. The summed E-state index contributed by atoms with van der Waals surface area (Å²) in [5, 5.41) is 7.23. The predicted octanol–water partition coefficient (Wildman–Crippen LogP) is 4.61. The Kier molecular flexibility index (Phi) is 11.5. The molecule has 2 amide bonds. The molecule has 2 N–H and O–H groups in total. The molecular weight excluding hydrogens is 577 g/mol. The van der Waals surface area contributed by atoms with Gasteiger partial charge in [0.1, 0.15) is 6.04 Å². The molecule has 0 saturated heterocycles. The summed E-state index contributed by atoms with van der Waals surface area (Å²) in [5.41, 5.74) is 3.28. The molecule has 0 bridgehead atoms. The average molecular weight is 603 g/mol. The number of hydrogen-bond donors (Lipinski definition) is 2. The molecule has 0 heterocycles. The highest BCUT2D eigenvalue weighted by atomic mass is 79.9. The van der Waals surface area contributed by atoms with Gasteiger partial charge in [0.05, 0.1) is 34.4 Å². The van der Waals surface area contributed by atoms with Crippen LogP contribution >= 0.6 is 39.1 Å². The molecule has 0 aliphatic heterocycles. The maximum atomic E-state index is 12.7. The van der Waals surface area contributed by atoms with Crippen LogP contribution in [0.25, 0.3) is 0 Å². The van der Waals surface area contributed by atoms with Crippen molar-refractivity contribution >= 4 is 63.1 Å². The molecule has 1 atom stereocenters. The van der Waals surface area contributed by atoms with Crippen molar-refractivity contribution in [3.05, 3.63) is 56.0 Å². The minimum atomic E-state index is -0.857. The van der Waals surface area contributed by atoms with E-state index >= 15 is 0 Å². The van der Waals surface area contributed by atoms with E-state index in [1.807, 2.05) is 0 Å². The minimum absolute atomic E-state index is 0.225. The third kappa shape index (κ3) is 8.39. The van der Waals surface area contributed by atoms with Crippen molar-refractivity contribution in [3.8, 4) is 11.5 Å². The molecular formula is C24H26BrCl2N3O6. The minimum Gasteiger partial charge on any atom is -0.493 e. The van der Waals surface area contributed by atoms with E-state index in [-0.39, 0.29) is 29.7 Å². The molecule has 0 fully saturated rings. The Hall–Kier alpha value is -2.82. The molecule has 0 saturated carbocycles. The number of nitrogens with one attached hydrogen (secondary N) is 2. The maximum Gasteiger partial charge on any atom is 0.344 e. The normalized spacial score (nSPS) is 11.8. The fraction of sp³-hybridized carbons (Fsp3) is 0.333. The fourth-order valence-corrected chi connectivity index (χ4v) is 3.80. The topological polar surface area (TPSA) is 115 Å². The van der Waals surface area contributed by atoms with Crippen LogP contribution in [0.2, 0.25) is 10.0 Å². The van der Waals surface area contributed by atoms with Gasteiger partial charge >= 0.3 is 5.97 Å². The van der Waals surface area contributed by atoms with Crippen molar-refractivity contribution in [2.45, 2.75) is 26.8 Å². The first-order valence-corrected chi connectivity index (χ1v) is 12.4. The van der Waals surface area contributed by atoms with Crippen LogP contribution < -0.4 is 20.2 Å². The molecule has 36 heavy (non-hydrogen) atoms. The van der Waals surface area contributed by atoms with Gasteiger partial charge in [-0.1, -0.05) is 37.0 Å². The fourth-order valence-electron chi connectivity index (χ4n) is 2.93. The lowest BCUT2D eigenvalue weighted by Gasteiger charge is -2.20. The smallest absolute Gasteiger partial charge is 0.344 e. The molecule has 9 nitrogen and oxygen atoms in total. The number of ether oxygens (including phenoxy) is 3. The summed E-state index contributed by atoms with van der Waals surface area (Å²) in [5.74, 6) is -1.05. The van der Waals surface area contributed by atoms with Crippen LogP contribution in [0.15, 0.2) is 39.9 Å². The molecule has 194 valence electrons. The zero-order chi connectivity index (χ0) is 26.8. The molecule has 2 aromatic carbocycles. The number of esters is 1. The van der Waals surface area contributed by atoms with Crippen molar-refractivity contribution in [1.82, 2.24) is 10.7 Å². The van der Waals surface area contributed by atoms with E-state index in [0.717, 1.165) is 0 Å². The average Bonchev–Trinajstić information content (AvgIpc) is 2.82. The van der Waals surface area contributed by atoms with Crippen LogP contribution in [0.4, 0.5) is 0 Å². The van der Waals surface area contributed by atoms with E-state index < -0.39 is 23.8 Å². The summed E-state index contributed by atoms with van der Waals surface area (Å²) in [4.78, 5) is 36.9. The van der Waals surface area contributed by atoms with Crippen molar-refractivity contribution in [1.29, 1.82) is 0 Å². The lowest BCUT2D eigenvalue weighted by molar-refractivity contribution is -0.145. The van der Waals surface area contributed by atoms with Crippen molar-refractivity contribution in [2.75, 3.05) is 20.3 Å². The molecule has 0 radical (unpaired) electrons. The van der Waals surface area contributed by atoms with Gasteiger partial charge in [-0.05, 0) is 64.7 Å². The Labute approximate surface area is 227 Å². The van der Waals surface area contributed by atoms with E-state index in [9.17, 15) is 14.4 Å². The van der Waals surface area contributed by atoms with Crippen LogP contribution in [0.3, 0.4) is 0 Å². The molecule has 0 aliphatic rings. The van der Waals surface area contributed by atoms with Crippen LogP contribution in [0.1, 0.15) is 36.7 Å². The second-order valence-electron chi connectivity index (χ2n) is 7.69. The molecule has 0 aliphatic carbocycles. The monoisotopic (exact) mass is 601 g/mol. The summed E-state index contributed by atoms with van der Waals surface area (Å²) in [6, 6.07) is 6.88. The molecule has 0 aromatic heterocycles. The summed E-state index contributed by atoms with van der Waals surface area (Å²) < 4.78 is 16.2. The van der Waals surface area contributed by atoms with Crippen LogP contribution in [0.5, 0.6) is 11.5 Å². The van der Waals surface area contributed by atoms with Gasteiger partial charge in [-0.15, -0.1) is 0 Å². The first kappa shape index (κ1) is 29.4. The Bertz CT molecular complexity index is 1140. The summed E-state index contributed by atoms with van der Waals surface area (Å²) in [6.45, 7) is 5.25. The van der Waals surface area contributed by atoms with Gasteiger partial charge < -0.3 is 19.5 Å². The Balaban J connectivity index is 2.08. The second-order valence-corrected chi connectivity index (χ2v) is 9.35. The lowest BCUT2D eigenvalue weighted by Crippen LogP contribution is -2.48. The molecule has 0 spiro atoms. The zero-order valence-corrected chi connectivity index (χ0v) is 23.2. The number of carbonyl (C=O) groups is 3. The number of rotatable bonds is 11. The van der Waals surface area contributed by atoms with Gasteiger partial charge in [0.15, 0.2) is 18.1 Å². The highest BCUT2D eigenvalue weighted by molar-refractivity contribution is 9.10. The molecule has 12 heteroatoms. The number of nitrogens with zero attached hydrogens (tertiary/aromatic N) is 1. The number of carbonyl (C=O) groups excluding carboxylic acids is 3. The van der Waals surface area contributed by atoms with Crippen LogP contribution in [-0.4, -0.2) is 50.4 Å². The first-order chi connectivity index (χ1) is 17.1. The second kappa shape index (κ2) is 14.1. The Morgan fingerprint density at radius 3 is 2.47 bits per heavy atom. The number of halogens is 3. The highest BCUT2D eigenvalue weighted by Gasteiger charge is 2.25. The van der Waals surface area contributed by atoms with Crippen LogP contribution in [-0.2, 0) is 14.3 Å². The molecule has 2 rings (SSSR count). The summed E-state index contributed by atoms with van der Waals surface area (Å²) in [7, 11) is 1.45. The quantitative estimate of drug-likeness (QED) is 0.220. The molecule has 2 aromatic rings. The Morgan fingerprint density at radius 2 is 1.86 bits per heavy atom. The number of amides is 2.